The van der Waals surface area contributed by atoms with Gasteiger partial charge >= 0.3 is 0 Å². The van der Waals surface area contributed by atoms with Gasteiger partial charge in [0.1, 0.15) is 0 Å². The van der Waals surface area contributed by atoms with Gasteiger partial charge in [-0.3, -0.25) is 4.79 Å². The Bertz CT molecular complexity index is 684. The molecule has 0 saturated carbocycles. The number of likely N-dealkylation sites (tertiary alicyclic amines) is 2. The Balaban J connectivity index is 1.16. The molecule has 0 bridgehead atoms. The summed E-state index contributed by atoms with van der Waals surface area (Å²) in [7, 11) is 0. The van der Waals surface area contributed by atoms with Gasteiger partial charge in [-0.2, -0.15) is 0 Å². The van der Waals surface area contributed by atoms with Gasteiger partial charge in [0.15, 0.2) is 0 Å². The third-order valence-corrected chi connectivity index (χ3v) is 7.05. The summed E-state index contributed by atoms with van der Waals surface area (Å²) in [5.74, 6) is 0.979. The molecule has 166 valence electrons. The molecule has 4 rings (SSSR count). The monoisotopic (exact) mass is 414 g/mol. The number of rotatable bonds is 6. The first kappa shape index (κ1) is 21.5. The summed E-state index contributed by atoms with van der Waals surface area (Å²) in [5, 5.41) is 3.20. The van der Waals surface area contributed by atoms with Gasteiger partial charge < -0.3 is 20.0 Å². The second-order valence-electron chi connectivity index (χ2n) is 9.24. The number of hydrogen-bond acceptors (Lipinski definition) is 6. The molecule has 1 atom stereocenters. The second-order valence-corrected chi connectivity index (χ2v) is 9.24. The second kappa shape index (κ2) is 10.5. The van der Waals surface area contributed by atoms with Gasteiger partial charge in [0.25, 0.3) is 0 Å². The molecule has 30 heavy (non-hydrogen) atoms. The van der Waals surface area contributed by atoms with Crippen LogP contribution >= 0.6 is 0 Å². The van der Waals surface area contributed by atoms with Crippen LogP contribution < -0.4 is 10.2 Å². The van der Waals surface area contributed by atoms with Crippen LogP contribution in [0.5, 0.6) is 0 Å². The smallest absolute Gasteiger partial charge is 0.225 e. The Morgan fingerprint density at radius 3 is 2.63 bits per heavy atom. The van der Waals surface area contributed by atoms with Gasteiger partial charge in [0.05, 0.1) is 5.92 Å². The molecule has 0 spiro atoms. The number of aromatic nitrogens is 2. The van der Waals surface area contributed by atoms with Gasteiger partial charge in [-0.05, 0) is 77.7 Å². The lowest BCUT2D eigenvalue weighted by molar-refractivity contribution is -0.125. The number of hydrogen-bond donors (Lipinski definition) is 1. The first-order chi connectivity index (χ1) is 14.7. The van der Waals surface area contributed by atoms with Crippen LogP contribution in [0.2, 0.25) is 0 Å². The molecule has 1 amide bonds. The molecule has 7 heteroatoms. The van der Waals surface area contributed by atoms with Crippen LogP contribution in [-0.4, -0.2) is 84.1 Å². The van der Waals surface area contributed by atoms with Crippen molar-refractivity contribution in [1.82, 2.24) is 25.1 Å². The van der Waals surface area contributed by atoms with E-state index in [-0.39, 0.29) is 11.8 Å². The van der Waals surface area contributed by atoms with Crippen molar-refractivity contribution in [2.24, 2.45) is 5.92 Å². The molecule has 3 saturated heterocycles. The van der Waals surface area contributed by atoms with Crippen molar-refractivity contribution in [3.05, 3.63) is 18.0 Å². The van der Waals surface area contributed by atoms with Gasteiger partial charge in [-0.1, -0.05) is 6.42 Å². The van der Waals surface area contributed by atoms with Crippen LogP contribution in [-0.2, 0) is 4.79 Å². The highest BCUT2D eigenvalue weighted by Crippen LogP contribution is 2.22. The Kier molecular flexibility index (Phi) is 7.55. The third kappa shape index (κ3) is 5.70. The Hall–Kier alpha value is -1.73. The molecule has 0 radical (unpaired) electrons. The third-order valence-electron chi connectivity index (χ3n) is 7.05. The number of nitrogens with zero attached hydrogens (tertiary/aromatic N) is 5. The largest absolute Gasteiger partial charge is 0.355 e. The first-order valence-electron chi connectivity index (χ1n) is 12.0. The normalized spacial score (nSPS) is 24.7. The van der Waals surface area contributed by atoms with E-state index in [4.69, 9.17) is 0 Å². The maximum Gasteiger partial charge on any atom is 0.225 e. The predicted molar refractivity (Wildman–Crippen MR) is 120 cm³/mol. The van der Waals surface area contributed by atoms with E-state index in [0.29, 0.717) is 0 Å². The molecular formula is C23H38N6O. The number of anilines is 1. The summed E-state index contributed by atoms with van der Waals surface area (Å²) in [6.45, 7) is 10.3. The number of piperidine rings is 3. The number of carbonyl (C=O) groups excluding carboxylic acids is 1. The fourth-order valence-corrected chi connectivity index (χ4v) is 5.23. The van der Waals surface area contributed by atoms with E-state index in [1.165, 1.54) is 58.3 Å². The van der Waals surface area contributed by atoms with Crippen molar-refractivity contribution in [3.63, 3.8) is 0 Å². The van der Waals surface area contributed by atoms with E-state index in [0.717, 1.165) is 56.7 Å². The molecule has 4 heterocycles. The lowest BCUT2D eigenvalue weighted by Gasteiger charge is -2.40. The lowest BCUT2D eigenvalue weighted by Crippen LogP contribution is -2.49. The maximum absolute atomic E-state index is 12.7. The van der Waals surface area contributed by atoms with Crippen LogP contribution in [0.1, 0.15) is 50.6 Å². The molecule has 1 unspecified atom stereocenters. The zero-order valence-corrected chi connectivity index (χ0v) is 18.6. The zero-order valence-electron chi connectivity index (χ0n) is 18.6. The van der Waals surface area contributed by atoms with E-state index in [2.05, 4.69) is 30.0 Å². The van der Waals surface area contributed by atoms with Crippen molar-refractivity contribution in [2.45, 2.75) is 57.9 Å². The van der Waals surface area contributed by atoms with Crippen LogP contribution in [0.25, 0.3) is 0 Å². The fraction of sp³-hybridized carbons (Fsp3) is 0.783. The molecule has 0 aromatic carbocycles. The average Bonchev–Trinajstić information content (AvgIpc) is 2.80. The minimum atomic E-state index is 0.0349. The number of carbonyl (C=O) groups is 1. The standard InChI is InChI=1S/C23H38N6O/c1-19-7-10-25-23(26-19)29-14-5-6-20(18-29)22(30)24-11-17-27-15-8-21(9-16-27)28-12-3-2-4-13-28/h7,10,20-21H,2-6,8-9,11-18H2,1H3,(H,24,30). The zero-order chi connectivity index (χ0) is 20.8. The molecule has 7 nitrogen and oxygen atoms in total. The summed E-state index contributed by atoms with van der Waals surface area (Å²) in [5.41, 5.74) is 0.968. The van der Waals surface area contributed by atoms with Crippen LogP contribution in [0.3, 0.4) is 0 Å². The fourth-order valence-electron chi connectivity index (χ4n) is 5.23. The molecule has 1 aromatic heterocycles. The van der Waals surface area contributed by atoms with Gasteiger partial charge in [-0.15, -0.1) is 0 Å². The summed E-state index contributed by atoms with van der Waals surface area (Å²) < 4.78 is 0. The Morgan fingerprint density at radius 1 is 1.07 bits per heavy atom. The van der Waals surface area contributed by atoms with Crippen molar-refractivity contribution in [1.29, 1.82) is 0 Å². The van der Waals surface area contributed by atoms with Gasteiger partial charge in [-0.25, -0.2) is 9.97 Å². The highest BCUT2D eigenvalue weighted by molar-refractivity contribution is 5.79. The molecule has 3 fully saturated rings. The van der Waals surface area contributed by atoms with Crippen molar-refractivity contribution in [2.75, 3.05) is 57.3 Å². The van der Waals surface area contributed by atoms with E-state index < -0.39 is 0 Å². The quantitative estimate of drug-likeness (QED) is 0.769. The van der Waals surface area contributed by atoms with E-state index in [9.17, 15) is 4.79 Å². The Morgan fingerprint density at radius 2 is 1.87 bits per heavy atom. The number of amides is 1. The minimum Gasteiger partial charge on any atom is -0.355 e. The highest BCUT2D eigenvalue weighted by Gasteiger charge is 2.28. The summed E-state index contributed by atoms with van der Waals surface area (Å²) in [6.07, 6.45) is 10.5. The lowest BCUT2D eigenvalue weighted by atomic mass is 9.97. The van der Waals surface area contributed by atoms with Crippen molar-refractivity contribution < 1.29 is 4.79 Å². The van der Waals surface area contributed by atoms with Crippen molar-refractivity contribution in [3.8, 4) is 0 Å². The van der Waals surface area contributed by atoms with Crippen LogP contribution in [0, 0.1) is 12.8 Å². The Labute approximate surface area is 181 Å². The van der Waals surface area contributed by atoms with Gasteiger partial charge in [0, 0.05) is 44.1 Å². The first-order valence-corrected chi connectivity index (χ1v) is 12.0. The SMILES string of the molecule is Cc1ccnc(N2CCCC(C(=O)NCCN3CCC(N4CCCCC4)CC3)C2)n1. The molecule has 3 aliphatic heterocycles. The van der Waals surface area contributed by atoms with Crippen molar-refractivity contribution >= 4 is 11.9 Å². The maximum atomic E-state index is 12.7. The summed E-state index contributed by atoms with van der Waals surface area (Å²) >= 11 is 0. The molecule has 0 aliphatic carbocycles. The average molecular weight is 415 g/mol. The molecular weight excluding hydrogens is 376 g/mol. The van der Waals surface area contributed by atoms with Gasteiger partial charge in [0.2, 0.25) is 11.9 Å². The topological polar surface area (TPSA) is 64.6 Å². The molecule has 3 aliphatic rings. The summed E-state index contributed by atoms with van der Waals surface area (Å²) in [6, 6.07) is 2.70. The van der Waals surface area contributed by atoms with E-state index >= 15 is 0 Å². The van der Waals surface area contributed by atoms with E-state index in [1.807, 2.05) is 13.0 Å². The predicted octanol–water partition coefficient (Wildman–Crippen LogP) is 2.07. The van der Waals surface area contributed by atoms with Crippen LogP contribution in [0.15, 0.2) is 12.3 Å². The molecule has 1 N–H and O–H groups in total. The van der Waals surface area contributed by atoms with Crippen LogP contribution in [0.4, 0.5) is 5.95 Å². The number of aryl methyl sites for hydroxylation is 1. The highest BCUT2D eigenvalue weighted by atomic mass is 16.1. The summed E-state index contributed by atoms with van der Waals surface area (Å²) in [4.78, 5) is 29.1. The minimum absolute atomic E-state index is 0.0349. The molecule has 1 aromatic rings. The van der Waals surface area contributed by atoms with E-state index in [1.54, 1.807) is 6.20 Å². The number of nitrogens with one attached hydrogen (secondary N) is 1.